The molecular weight excluding hydrogens is 320 g/mol. The van der Waals surface area contributed by atoms with Crippen LogP contribution < -0.4 is 0 Å². The van der Waals surface area contributed by atoms with Gasteiger partial charge in [-0.3, -0.25) is 9.48 Å². The second-order valence-corrected chi connectivity index (χ2v) is 7.28. The largest absolute Gasteiger partial charge is 0.396 e. The molecule has 0 aliphatic carbocycles. The van der Waals surface area contributed by atoms with Crippen molar-refractivity contribution in [3.05, 3.63) is 17.0 Å². The SMILES string of the molecule is COCCN(C)C[C@H]1C[C@H](CO)CN(C(=O)c2c(C)nn(C)c2C)C1. The highest BCUT2D eigenvalue weighted by Crippen LogP contribution is 2.25. The van der Waals surface area contributed by atoms with E-state index < -0.39 is 0 Å². The predicted octanol–water partition coefficient (Wildman–Crippen LogP) is 0.686. The van der Waals surface area contributed by atoms with Crippen LogP contribution >= 0.6 is 0 Å². The van der Waals surface area contributed by atoms with E-state index in [4.69, 9.17) is 4.74 Å². The first-order valence-electron chi connectivity index (χ1n) is 8.95. The van der Waals surface area contributed by atoms with Crippen LogP contribution in [0.15, 0.2) is 0 Å². The quantitative estimate of drug-likeness (QED) is 0.782. The van der Waals surface area contributed by atoms with E-state index in [0.717, 1.165) is 37.4 Å². The third-order valence-electron chi connectivity index (χ3n) is 5.14. The van der Waals surface area contributed by atoms with E-state index in [0.29, 0.717) is 24.6 Å². The second-order valence-electron chi connectivity index (χ2n) is 7.28. The van der Waals surface area contributed by atoms with E-state index in [2.05, 4.69) is 17.0 Å². The second kappa shape index (κ2) is 8.78. The molecule has 7 heteroatoms. The number of carbonyl (C=O) groups is 1. The van der Waals surface area contributed by atoms with Gasteiger partial charge in [0.1, 0.15) is 0 Å². The van der Waals surface area contributed by atoms with Gasteiger partial charge >= 0.3 is 0 Å². The minimum Gasteiger partial charge on any atom is -0.396 e. The van der Waals surface area contributed by atoms with Crippen molar-refractivity contribution in [1.29, 1.82) is 0 Å². The maximum absolute atomic E-state index is 13.1. The number of ether oxygens (including phenoxy) is 1. The first-order chi connectivity index (χ1) is 11.9. The van der Waals surface area contributed by atoms with Crippen LogP contribution in [0, 0.1) is 25.7 Å². The Kier molecular flexibility index (Phi) is 6.98. The summed E-state index contributed by atoms with van der Waals surface area (Å²) in [4.78, 5) is 17.2. The van der Waals surface area contributed by atoms with Crippen molar-refractivity contribution in [2.45, 2.75) is 20.3 Å². The molecule has 1 N–H and O–H groups in total. The van der Waals surface area contributed by atoms with E-state index >= 15 is 0 Å². The molecule has 1 aliphatic rings. The van der Waals surface area contributed by atoms with Crippen molar-refractivity contribution < 1.29 is 14.6 Å². The number of likely N-dealkylation sites (tertiary alicyclic amines) is 1. The average Bonchev–Trinajstić information content (AvgIpc) is 2.84. The molecule has 25 heavy (non-hydrogen) atoms. The number of hydrogen-bond acceptors (Lipinski definition) is 5. The summed E-state index contributed by atoms with van der Waals surface area (Å²) in [7, 11) is 5.64. The van der Waals surface area contributed by atoms with Crippen molar-refractivity contribution in [3.63, 3.8) is 0 Å². The smallest absolute Gasteiger partial charge is 0.257 e. The van der Waals surface area contributed by atoms with Gasteiger partial charge in [0.15, 0.2) is 0 Å². The van der Waals surface area contributed by atoms with E-state index in [1.54, 1.807) is 11.8 Å². The van der Waals surface area contributed by atoms with Gasteiger partial charge in [0, 0.05) is 52.6 Å². The summed E-state index contributed by atoms with van der Waals surface area (Å²) >= 11 is 0. The molecule has 0 radical (unpaired) electrons. The summed E-state index contributed by atoms with van der Waals surface area (Å²) in [6, 6.07) is 0. The third kappa shape index (κ3) is 4.80. The molecule has 7 nitrogen and oxygen atoms in total. The highest BCUT2D eigenvalue weighted by molar-refractivity contribution is 5.96. The number of rotatable bonds is 7. The highest BCUT2D eigenvalue weighted by atomic mass is 16.5. The Morgan fingerprint density at radius 2 is 2.04 bits per heavy atom. The molecule has 1 aliphatic heterocycles. The molecule has 0 unspecified atom stereocenters. The lowest BCUT2D eigenvalue weighted by Crippen LogP contribution is -2.48. The van der Waals surface area contributed by atoms with Crippen LogP contribution in [0.25, 0.3) is 0 Å². The fourth-order valence-corrected chi connectivity index (χ4v) is 3.77. The van der Waals surface area contributed by atoms with Crippen LogP contribution in [0.5, 0.6) is 0 Å². The number of aromatic nitrogens is 2. The number of aryl methyl sites for hydroxylation is 2. The van der Waals surface area contributed by atoms with Gasteiger partial charge in [-0.2, -0.15) is 5.10 Å². The minimum atomic E-state index is 0.0331. The molecule has 0 spiro atoms. The molecule has 2 atom stereocenters. The molecule has 1 fully saturated rings. The van der Waals surface area contributed by atoms with Gasteiger partial charge in [-0.15, -0.1) is 0 Å². The van der Waals surface area contributed by atoms with Crippen molar-refractivity contribution in [3.8, 4) is 0 Å². The van der Waals surface area contributed by atoms with Gasteiger partial charge in [0.2, 0.25) is 0 Å². The molecule has 1 aromatic rings. The first kappa shape index (κ1) is 19.9. The predicted molar refractivity (Wildman–Crippen MR) is 96.6 cm³/mol. The van der Waals surface area contributed by atoms with Gasteiger partial charge < -0.3 is 19.6 Å². The summed E-state index contributed by atoms with van der Waals surface area (Å²) in [5.74, 6) is 0.524. The van der Waals surface area contributed by atoms with Gasteiger partial charge in [-0.25, -0.2) is 0 Å². The molecule has 1 aromatic heterocycles. The van der Waals surface area contributed by atoms with Crippen LogP contribution in [-0.2, 0) is 11.8 Å². The maximum atomic E-state index is 13.1. The molecule has 2 heterocycles. The Morgan fingerprint density at radius 1 is 1.36 bits per heavy atom. The standard InChI is InChI=1S/C18H32N4O3/c1-13-17(14(2)21(4)19-13)18(24)22-10-15(8-16(11-22)12-23)9-20(3)6-7-25-5/h15-16,23H,6-12H2,1-5H3/t15-,16+/m1/s1. The number of aliphatic hydroxyl groups excluding tert-OH is 1. The molecular formula is C18H32N4O3. The lowest BCUT2D eigenvalue weighted by Gasteiger charge is -2.38. The Morgan fingerprint density at radius 3 is 2.60 bits per heavy atom. The highest BCUT2D eigenvalue weighted by Gasteiger charge is 2.32. The monoisotopic (exact) mass is 352 g/mol. The third-order valence-corrected chi connectivity index (χ3v) is 5.14. The Labute approximate surface area is 150 Å². The summed E-state index contributed by atoms with van der Waals surface area (Å²) < 4.78 is 6.89. The number of nitrogens with zero attached hydrogens (tertiary/aromatic N) is 4. The number of methoxy groups -OCH3 is 1. The average molecular weight is 352 g/mol. The Hall–Kier alpha value is -1.44. The van der Waals surface area contributed by atoms with Crippen molar-refractivity contribution in [1.82, 2.24) is 19.6 Å². The topological polar surface area (TPSA) is 70.8 Å². The van der Waals surface area contributed by atoms with Gasteiger partial charge in [0.25, 0.3) is 5.91 Å². The van der Waals surface area contributed by atoms with E-state index in [-0.39, 0.29) is 18.4 Å². The zero-order chi connectivity index (χ0) is 18.6. The number of hydrogen-bond donors (Lipinski definition) is 1. The van der Waals surface area contributed by atoms with Gasteiger partial charge in [-0.05, 0) is 39.2 Å². The normalized spacial score (nSPS) is 21.2. The zero-order valence-electron chi connectivity index (χ0n) is 16.2. The molecule has 1 saturated heterocycles. The molecule has 142 valence electrons. The Bertz CT molecular complexity index is 587. The molecule has 2 rings (SSSR count). The zero-order valence-corrected chi connectivity index (χ0v) is 16.2. The maximum Gasteiger partial charge on any atom is 0.257 e. The Balaban J connectivity index is 2.10. The number of piperidine rings is 1. The van der Waals surface area contributed by atoms with Crippen LogP contribution in [-0.4, -0.2) is 84.1 Å². The van der Waals surface area contributed by atoms with E-state index in [9.17, 15) is 9.90 Å². The number of aliphatic hydroxyl groups is 1. The van der Waals surface area contributed by atoms with Crippen LogP contribution in [0.2, 0.25) is 0 Å². The van der Waals surface area contributed by atoms with Crippen molar-refractivity contribution >= 4 is 5.91 Å². The molecule has 0 saturated carbocycles. The summed E-state index contributed by atoms with van der Waals surface area (Å²) in [6.45, 7) is 7.72. The molecule has 0 aromatic carbocycles. The van der Waals surface area contributed by atoms with Crippen LogP contribution in [0.3, 0.4) is 0 Å². The van der Waals surface area contributed by atoms with Crippen molar-refractivity contribution in [2.24, 2.45) is 18.9 Å². The summed E-state index contributed by atoms with van der Waals surface area (Å²) in [5.41, 5.74) is 2.36. The minimum absolute atomic E-state index is 0.0331. The molecule has 0 bridgehead atoms. The van der Waals surface area contributed by atoms with Gasteiger partial charge in [-0.1, -0.05) is 0 Å². The van der Waals surface area contributed by atoms with E-state index in [1.807, 2.05) is 25.8 Å². The summed E-state index contributed by atoms with van der Waals surface area (Å²) in [6.07, 6.45) is 0.947. The van der Waals surface area contributed by atoms with Crippen LogP contribution in [0.1, 0.15) is 28.2 Å². The fraction of sp³-hybridized carbons (Fsp3) is 0.778. The van der Waals surface area contributed by atoms with Crippen LogP contribution in [0.4, 0.5) is 0 Å². The summed E-state index contributed by atoms with van der Waals surface area (Å²) in [5, 5.41) is 14.0. The number of likely N-dealkylation sites (N-methyl/N-ethyl adjacent to an activating group) is 1. The van der Waals surface area contributed by atoms with E-state index in [1.165, 1.54) is 0 Å². The number of amides is 1. The number of carbonyl (C=O) groups excluding carboxylic acids is 1. The van der Waals surface area contributed by atoms with Gasteiger partial charge in [0.05, 0.1) is 17.9 Å². The van der Waals surface area contributed by atoms with Crippen molar-refractivity contribution in [2.75, 3.05) is 53.6 Å². The first-order valence-corrected chi connectivity index (χ1v) is 8.95. The molecule has 1 amide bonds. The lowest BCUT2D eigenvalue weighted by molar-refractivity contribution is 0.0449. The fourth-order valence-electron chi connectivity index (χ4n) is 3.77. The lowest BCUT2D eigenvalue weighted by atomic mass is 9.88.